The third kappa shape index (κ3) is 2.25. The Labute approximate surface area is 112 Å². The lowest BCUT2D eigenvalue weighted by atomic mass is 10.2. The molecule has 0 atom stereocenters. The Balaban J connectivity index is 2.67. The first-order chi connectivity index (χ1) is 7.93. The SMILES string of the molecule is Cc1cc(Br)c(S(=O)(=O)n2cccn2)cc1Cl. The van der Waals surface area contributed by atoms with E-state index >= 15 is 0 Å². The molecule has 1 aromatic heterocycles. The van der Waals surface area contributed by atoms with Crippen molar-refractivity contribution in [1.29, 1.82) is 0 Å². The van der Waals surface area contributed by atoms with Crippen molar-refractivity contribution in [3.8, 4) is 0 Å². The monoisotopic (exact) mass is 334 g/mol. The minimum absolute atomic E-state index is 0.0943. The maximum atomic E-state index is 12.2. The molecule has 7 heteroatoms. The number of aryl methyl sites for hydroxylation is 1. The van der Waals surface area contributed by atoms with Gasteiger partial charge >= 0.3 is 0 Å². The fourth-order valence-corrected chi connectivity index (χ4v) is 3.81. The highest BCUT2D eigenvalue weighted by Crippen LogP contribution is 2.29. The fraction of sp³-hybridized carbons (Fsp3) is 0.100. The number of aromatic nitrogens is 2. The van der Waals surface area contributed by atoms with Gasteiger partial charge in [0.15, 0.2) is 0 Å². The second kappa shape index (κ2) is 4.44. The first kappa shape index (κ1) is 12.6. The van der Waals surface area contributed by atoms with Crippen molar-refractivity contribution < 1.29 is 8.42 Å². The predicted molar refractivity (Wildman–Crippen MR) is 68.7 cm³/mol. The van der Waals surface area contributed by atoms with Crippen LogP contribution >= 0.6 is 27.5 Å². The van der Waals surface area contributed by atoms with Crippen molar-refractivity contribution in [3.05, 3.63) is 45.7 Å². The second-order valence-corrected chi connectivity index (χ2v) is 6.44. The summed E-state index contributed by atoms with van der Waals surface area (Å²) in [6.07, 6.45) is 2.77. The Morgan fingerprint density at radius 1 is 1.41 bits per heavy atom. The van der Waals surface area contributed by atoms with Gasteiger partial charge in [0, 0.05) is 15.7 Å². The molecule has 0 radical (unpaired) electrons. The topological polar surface area (TPSA) is 52.0 Å². The van der Waals surface area contributed by atoms with Crippen LogP contribution in [0.15, 0.2) is 40.0 Å². The minimum Gasteiger partial charge on any atom is -0.199 e. The number of benzene rings is 1. The van der Waals surface area contributed by atoms with E-state index in [9.17, 15) is 8.42 Å². The van der Waals surface area contributed by atoms with Crippen LogP contribution in [0.3, 0.4) is 0 Å². The van der Waals surface area contributed by atoms with Gasteiger partial charge in [-0.2, -0.15) is 17.6 Å². The molecule has 0 saturated carbocycles. The van der Waals surface area contributed by atoms with Gasteiger partial charge in [0.2, 0.25) is 0 Å². The summed E-state index contributed by atoms with van der Waals surface area (Å²) in [5, 5.41) is 4.12. The third-order valence-corrected chi connectivity index (χ3v) is 5.15. The van der Waals surface area contributed by atoms with E-state index in [2.05, 4.69) is 21.0 Å². The summed E-state index contributed by atoms with van der Waals surface area (Å²) in [5.74, 6) is 0. The molecule has 0 N–H and O–H groups in total. The van der Waals surface area contributed by atoms with Crippen LogP contribution in [0.1, 0.15) is 5.56 Å². The zero-order valence-electron chi connectivity index (χ0n) is 8.76. The lowest BCUT2D eigenvalue weighted by Gasteiger charge is -2.08. The number of hydrogen-bond acceptors (Lipinski definition) is 3. The van der Waals surface area contributed by atoms with E-state index in [1.165, 1.54) is 18.5 Å². The number of nitrogens with zero attached hydrogens (tertiary/aromatic N) is 2. The Bertz CT molecular complexity index is 653. The molecule has 0 fully saturated rings. The highest BCUT2D eigenvalue weighted by Gasteiger charge is 2.21. The second-order valence-electron chi connectivity index (χ2n) is 3.42. The average molecular weight is 336 g/mol. The molecule has 90 valence electrons. The molecule has 0 bridgehead atoms. The number of halogens is 2. The molecule has 2 aromatic rings. The van der Waals surface area contributed by atoms with Crippen molar-refractivity contribution in [2.75, 3.05) is 0 Å². The van der Waals surface area contributed by atoms with Crippen LogP contribution in [-0.2, 0) is 10.0 Å². The van der Waals surface area contributed by atoms with E-state index in [1.54, 1.807) is 19.1 Å². The molecule has 17 heavy (non-hydrogen) atoms. The summed E-state index contributed by atoms with van der Waals surface area (Å²) in [6, 6.07) is 4.62. The quantitative estimate of drug-likeness (QED) is 0.848. The lowest BCUT2D eigenvalue weighted by molar-refractivity contribution is 0.579. The van der Waals surface area contributed by atoms with Gasteiger partial charge in [0.1, 0.15) is 4.90 Å². The third-order valence-electron chi connectivity index (χ3n) is 2.22. The Morgan fingerprint density at radius 2 is 2.12 bits per heavy atom. The fourth-order valence-electron chi connectivity index (χ4n) is 1.32. The summed E-state index contributed by atoms with van der Waals surface area (Å²) in [7, 11) is -3.69. The average Bonchev–Trinajstić information content (AvgIpc) is 2.77. The van der Waals surface area contributed by atoms with Crippen molar-refractivity contribution in [1.82, 2.24) is 9.19 Å². The van der Waals surface area contributed by atoms with E-state index in [-0.39, 0.29) is 4.90 Å². The molecule has 4 nitrogen and oxygen atoms in total. The normalized spacial score (nSPS) is 11.7. The van der Waals surface area contributed by atoms with Gasteiger partial charge in [0.05, 0.1) is 6.20 Å². The molecule has 0 aliphatic heterocycles. The molecule has 0 aliphatic carbocycles. The van der Waals surface area contributed by atoms with Crippen molar-refractivity contribution >= 4 is 37.6 Å². The Hall–Kier alpha value is -0.850. The highest BCUT2D eigenvalue weighted by molar-refractivity contribution is 9.10. The lowest BCUT2D eigenvalue weighted by Crippen LogP contribution is -2.14. The molecule has 0 unspecified atom stereocenters. The molecule has 2 rings (SSSR count). The van der Waals surface area contributed by atoms with Crippen LogP contribution in [0.5, 0.6) is 0 Å². The first-order valence-electron chi connectivity index (χ1n) is 4.64. The molecular weight excluding hydrogens is 328 g/mol. The van der Waals surface area contributed by atoms with Crippen molar-refractivity contribution in [3.63, 3.8) is 0 Å². The highest BCUT2D eigenvalue weighted by atomic mass is 79.9. The molecule has 0 aliphatic rings. The maximum absolute atomic E-state index is 12.2. The summed E-state index contributed by atoms with van der Waals surface area (Å²) in [6.45, 7) is 1.80. The van der Waals surface area contributed by atoms with Gasteiger partial charge in [-0.15, -0.1) is 0 Å². The van der Waals surface area contributed by atoms with Crippen molar-refractivity contribution in [2.24, 2.45) is 0 Å². The predicted octanol–water partition coefficient (Wildman–Crippen LogP) is 2.84. The molecule has 1 aromatic carbocycles. The van der Waals surface area contributed by atoms with Crippen molar-refractivity contribution in [2.45, 2.75) is 11.8 Å². The van der Waals surface area contributed by atoms with Gasteiger partial charge in [0.25, 0.3) is 10.0 Å². The van der Waals surface area contributed by atoms with Gasteiger partial charge in [-0.1, -0.05) is 11.6 Å². The Morgan fingerprint density at radius 3 is 2.71 bits per heavy atom. The first-order valence-corrected chi connectivity index (χ1v) is 7.25. The zero-order valence-corrected chi connectivity index (χ0v) is 11.9. The minimum atomic E-state index is -3.69. The smallest absolute Gasteiger partial charge is 0.199 e. The van der Waals surface area contributed by atoms with E-state index in [0.29, 0.717) is 9.50 Å². The molecule has 0 spiro atoms. The molecule has 0 saturated heterocycles. The largest absolute Gasteiger partial charge is 0.284 e. The van der Waals surface area contributed by atoms with Crippen LogP contribution in [0, 0.1) is 6.92 Å². The van der Waals surface area contributed by atoms with E-state index < -0.39 is 10.0 Å². The summed E-state index contributed by atoms with van der Waals surface area (Å²) in [4.78, 5) is 0.0943. The van der Waals surface area contributed by atoms with Crippen LogP contribution in [0.2, 0.25) is 5.02 Å². The summed E-state index contributed by atoms with van der Waals surface area (Å²) in [5.41, 5.74) is 0.804. The summed E-state index contributed by atoms with van der Waals surface area (Å²) >= 11 is 9.16. The molecular formula is C10H8BrClN2O2S. The van der Waals surface area contributed by atoms with Crippen LogP contribution in [0.25, 0.3) is 0 Å². The molecule has 1 heterocycles. The standard InChI is InChI=1S/C10H8BrClN2O2S/c1-7-5-8(11)10(6-9(7)12)17(15,16)14-4-2-3-13-14/h2-6H,1H3. The molecule has 0 amide bonds. The van der Waals surface area contributed by atoms with Crippen LogP contribution in [-0.4, -0.2) is 17.6 Å². The van der Waals surface area contributed by atoms with Crippen LogP contribution < -0.4 is 0 Å². The van der Waals surface area contributed by atoms with Gasteiger partial charge < -0.3 is 0 Å². The zero-order chi connectivity index (χ0) is 12.6. The van der Waals surface area contributed by atoms with E-state index in [4.69, 9.17) is 11.6 Å². The number of rotatable bonds is 2. The van der Waals surface area contributed by atoms with E-state index in [0.717, 1.165) is 9.65 Å². The van der Waals surface area contributed by atoms with Gasteiger partial charge in [-0.25, -0.2) is 0 Å². The van der Waals surface area contributed by atoms with E-state index in [1.807, 2.05) is 0 Å². The van der Waals surface area contributed by atoms with Crippen LogP contribution in [0.4, 0.5) is 0 Å². The summed E-state index contributed by atoms with van der Waals surface area (Å²) < 4.78 is 25.8. The maximum Gasteiger partial charge on any atom is 0.284 e. The Kier molecular flexibility index (Phi) is 3.29. The van der Waals surface area contributed by atoms with Gasteiger partial charge in [-0.05, 0) is 46.6 Å². The number of hydrogen-bond donors (Lipinski definition) is 0. The van der Waals surface area contributed by atoms with Gasteiger partial charge in [-0.3, -0.25) is 0 Å².